The number of nitrogens with zero attached hydrogens (tertiary/aromatic N) is 2. The molecule has 0 amide bonds. The summed E-state index contributed by atoms with van der Waals surface area (Å²) < 4.78 is 6.99. The minimum atomic E-state index is -0.705. The lowest BCUT2D eigenvalue weighted by Gasteiger charge is -2.57. The number of benzene rings is 2. The molecule has 1 N–H and O–H groups in total. The van der Waals surface area contributed by atoms with E-state index in [2.05, 4.69) is 33.6 Å². The van der Waals surface area contributed by atoms with E-state index in [0.29, 0.717) is 28.4 Å². The maximum Gasteiger partial charge on any atom is 0.216 e. The Morgan fingerprint density at radius 1 is 1.29 bits per heavy atom. The Labute approximate surface area is 208 Å². The first-order chi connectivity index (χ1) is 16.4. The van der Waals surface area contributed by atoms with Gasteiger partial charge in [0.15, 0.2) is 0 Å². The Morgan fingerprint density at radius 2 is 2.09 bits per heavy atom. The number of fused-ring (bicyclic) bond motifs is 4. The number of piperidine rings is 3. The monoisotopic (exact) mass is 521 g/mol. The SMILES string of the molecule is C=C[C@@H]1C[N@+]2(CC(=O)c3ccc(Br)cc3)CC[C@H]1C[C@H]2[C@@H](O)c1ccnc2ccc(OC)cc12. The lowest BCUT2D eigenvalue weighted by atomic mass is 9.71. The van der Waals surface area contributed by atoms with Crippen molar-refractivity contribution < 1.29 is 19.1 Å². The fourth-order valence-electron chi connectivity index (χ4n) is 6.13. The molecule has 3 aliphatic rings. The van der Waals surface area contributed by atoms with Crippen molar-refractivity contribution in [3.63, 3.8) is 0 Å². The average molecular weight is 522 g/mol. The van der Waals surface area contributed by atoms with E-state index in [1.54, 1.807) is 13.3 Å². The topological polar surface area (TPSA) is 59.4 Å². The van der Waals surface area contributed by atoms with E-state index in [0.717, 1.165) is 52.6 Å². The van der Waals surface area contributed by atoms with Crippen LogP contribution in [0.3, 0.4) is 0 Å². The molecular formula is C28H30BrN2O3+. The van der Waals surface area contributed by atoms with Gasteiger partial charge in [-0.05, 0) is 47.9 Å². The maximum absolute atomic E-state index is 13.4. The van der Waals surface area contributed by atoms with Crippen LogP contribution in [-0.2, 0) is 0 Å². The number of aliphatic hydroxyl groups is 1. The molecule has 0 spiro atoms. The molecule has 1 aromatic heterocycles. The summed E-state index contributed by atoms with van der Waals surface area (Å²) in [7, 11) is 1.64. The van der Waals surface area contributed by atoms with Crippen molar-refractivity contribution in [3.8, 4) is 5.75 Å². The summed E-state index contributed by atoms with van der Waals surface area (Å²) in [5, 5.41) is 12.7. The van der Waals surface area contributed by atoms with Crippen molar-refractivity contribution >= 4 is 32.6 Å². The number of pyridine rings is 1. The van der Waals surface area contributed by atoms with Gasteiger partial charge in [-0.15, -0.1) is 6.58 Å². The minimum Gasteiger partial charge on any atom is -0.497 e. The second kappa shape index (κ2) is 9.25. The van der Waals surface area contributed by atoms with Crippen LogP contribution < -0.4 is 4.74 Å². The average Bonchev–Trinajstić information content (AvgIpc) is 2.87. The number of ether oxygens (including phenoxy) is 1. The van der Waals surface area contributed by atoms with E-state index < -0.39 is 6.10 Å². The summed E-state index contributed by atoms with van der Waals surface area (Å²) in [6.07, 6.45) is 5.03. The Bertz CT molecular complexity index is 1230. The Morgan fingerprint density at radius 3 is 2.82 bits per heavy atom. The van der Waals surface area contributed by atoms with Crippen LogP contribution in [0.15, 0.2) is 71.9 Å². The first kappa shape index (κ1) is 23.2. The second-order valence-electron chi connectivity index (χ2n) is 9.69. The van der Waals surface area contributed by atoms with E-state index in [1.807, 2.05) is 48.5 Å². The fraction of sp³-hybridized carbons (Fsp3) is 0.357. The lowest BCUT2D eigenvalue weighted by Crippen LogP contribution is -2.69. The number of aromatic nitrogens is 1. The number of carbonyl (C=O) groups is 1. The molecular weight excluding hydrogens is 492 g/mol. The molecule has 5 nitrogen and oxygen atoms in total. The Hall–Kier alpha value is -2.54. The zero-order valence-electron chi connectivity index (χ0n) is 19.4. The zero-order chi connectivity index (χ0) is 23.9. The molecule has 3 fully saturated rings. The van der Waals surface area contributed by atoms with Gasteiger partial charge in [-0.25, -0.2) is 0 Å². The van der Waals surface area contributed by atoms with Crippen molar-refractivity contribution in [3.05, 3.63) is 83.0 Å². The van der Waals surface area contributed by atoms with Crippen molar-refractivity contribution in [1.82, 2.24) is 4.98 Å². The van der Waals surface area contributed by atoms with E-state index in [9.17, 15) is 9.90 Å². The van der Waals surface area contributed by atoms with Gasteiger partial charge in [0.1, 0.15) is 24.4 Å². The molecule has 176 valence electrons. The quantitative estimate of drug-likeness (QED) is 0.259. The van der Waals surface area contributed by atoms with Gasteiger partial charge in [0.2, 0.25) is 5.78 Å². The summed E-state index contributed by atoms with van der Waals surface area (Å²) in [6, 6.07) is 15.2. The van der Waals surface area contributed by atoms with Crippen molar-refractivity contribution in [2.75, 3.05) is 26.7 Å². The van der Waals surface area contributed by atoms with Gasteiger partial charge >= 0.3 is 0 Å². The Kier molecular flexibility index (Phi) is 6.32. The highest BCUT2D eigenvalue weighted by Gasteiger charge is 2.54. The van der Waals surface area contributed by atoms with E-state index in [4.69, 9.17) is 4.74 Å². The van der Waals surface area contributed by atoms with Gasteiger partial charge < -0.3 is 14.3 Å². The van der Waals surface area contributed by atoms with Crippen LogP contribution in [0.1, 0.15) is 34.9 Å². The third-order valence-corrected chi connectivity index (χ3v) is 8.49. The molecule has 2 aromatic carbocycles. The molecule has 34 heavy (non-hydrogen) atoms. The number of aliphatic hydroxyl groups excluding tert-OH is 1. The third kappa shape index (κ3) is 4.08. The molecule has 0 aliphatic carbocycles. The molecule has 3 aromatic rings. The largest absolute Gasteiger partial charge is 0.497 e. The van der Waals surface area contributed by atoms with Crippen LogP contribution in [0.5, 0.6) is 5.75 Å². The number of methoxy groups -OCH3 is 1. The van der Waals surface area contributed by atoms with Gasteiger partial charge in [-0.1, -0.05) is 34.1 Å². The predicted molar refractivity (Wildman–Crippen MR) is 137 cm³/mol. The first-order valence-corrected chi connectivity index (χ1v) is 12.6. The number of hydrogen-bond donors (Lipinski definition) is 1. The molecule has 0 unspecified atom stereocenters. The number of Topliss-reactive ketones (excluding diaryl/α,β-unsaturated/α-hetero) is 1. The molecule has 6 heteroatoms. The molecule has 0 saturated carbocycles. The van der Waals surface area contributed by atoms with Crippen molar-refractivity contribution in [2.45, 2.75) is 25.0 Å². The molecule has 4 heterocycles. The highest BCUT2D eigenvalue weighted by molar-refractivity contribution is 9.10. The van der Waals surface area contributed by atoms with Crippen LogP contribution in [0.25, 0.3) is 10.9 Å². The Balaban J connectivity index is 1.53. The van der Waals surface area contributed by atoms with Crippen molar-refractivity contribution in [1.29, 1.82) is 0 Å². The van der Waals surface area contributed by atoms with Gasteiger partial charge in [0, 0.05) is 40.4 Å². The molecule has 0 radical (unpaired) electrons. The van der Waals surface area contributed by atoms with E-state index >= 15 is 0 Å². The number of hydrogen-bond acceptors (Lipinski definition) is 4. The molecule has 2 bridgehead atoms. The highest BCUT2D eigenvalue weighted by Crippen LogP contribution is 2.47. The summed E-state index contributed by atoms with van der Waals surface area (Å²) in [5.41, 5.74) is 2.39. The first-order valence-electron chi connectivity index (χ1n) is 11.8. The summed E-state index contributed by atoms with van der Waals surface area (Å²) in [5.74, 6) is 1.71. The summed E-state index contributed by atoms with van der Waals surface area (Å²) in [4.78, 5) is 17.9. The smallest absolute Gasteiger partial charge is 0.216 e. The number of halogens is 1. The molecule has 3 aliphatic heterocycles. The highest BCUT2D eigenvalue weighted by atomic mass is 79.9. The normalized spacial score (nSPS) is 26.9. The van der Waals surface area contributed by atoms with E-state index in [1.165, 1.54) is 0 Å². The molecule has 5 atom stereocenters. The van der Waals surface area contributed by atoms with Gasteiger partial charge in [0.25, 0.3) is 0 Å². The fourth-order valence-corrected chi connectivity index (χ4v) is 6.40. The number of rotatable bonds is 7. The summed E-state index contributed by atoms with van der Waals surface area (Å²) in [6.45, 7) is 6.20. The van der Waals surface area contributed by atoms with Crippen LogP contribution in [-0.4, -0.2) is 53.1 Å². The third-order valence-electron chi connectivity index (χ3n) is 7.97. The number of quaternary nitrogens is 1. The van der Waals surface area contributed by atoms with Crippen LogP contribution >= 0.6 is 15.9 Å². The van der Waals surface area contributed by atoms with Crippen molar-refractivity contribution in [2.24, 2.45) is 11.8 Å². The maximum atomic E-state index is 13.4. The van der Waals surface area contributed by atoms with Crippen LogP contribution in [0.2, 0.25) is 0 Å². The summed E-state index contributed by atoms with van der Waals surface area (Å²) >= 11 is 3.45. The van der Waals surface area contributed by atoms with Gasteiger partial charge in [-0.3, -0.25) is 9.78 Å². The van der Waals surface area contributed by atoms with Crippen LogP contribution in [0, 0.1) is 11.8 Å². The minimum absolute atomic E-state index is 0.0638. The zero-order valence-corrected chi connectivity index (χ0v) is 20.9. The van der Waals surface area contributed by atoms with E-state index in [-0.39, 0.29) is 11.8 Å². The number of carbonyl (C=O) groups excluding carboxylic acids is 1. The second-order valence-corrected chi connectivity index (χ2v) is 10.6. The predicted octanol–water partition coefficient (Wildman–Crippen LogP) is 5.33. The van der Waals surface area contributed by atoms with Gasteiger partial charge in [-0.2, -0.15) is 0 Å². The lowest BCUT2D eigenvalue weighted by molar-refractivity contribution is -0.966. The molecule has 6 rings (SSSR count). The van der Waals surface area contributed by atoms with Gasteiger partial charge in [0.05, 0.1) is 25.7 Å². The standard InChI is InChI=1S/C28H30BrN2O3/c1-3-18-16-31(17-27(32)19-4-6-21(29)7-5-19)13-11-20(18)14-26(31)28(33)23-10-12-30-25-9-8-22(34-2)15-24(23)25/h3-10,12,15,18,20,26,28,33H,1,11,13-14,16-17H2,2H3/q+1/t18-,20+,26+,28+,31+/m1/s1. The molecule has 3 saturated heterocycles. The number of ketones is 1. The van der Waals surface area contributed by atoms with Crippen LogP contribution in [0.4, 0.5) is 0 Å².